The zero-order valence-electron chi connectivity index (χ0n) is 14.3. The predicted octanol–water partition coefficient (Wildman–Crippen LogP) is 1.73. The highest BCUT2D eigenvalue weighted by atomic mass is 16.4. The lowest BCUT2D eigenvalue weighted by atomic mass is 9.87. The number of aliphatic carboxylic acids is 1. The SMILES string of the molecule is CCC(=O)N(c1ccccc1)C1CCN(CCC(=O)O)CC1(C)O. The van der Waals surface area contributed by atoms with Gasteiger partial charge in [-0.15, -0.1) is 0 Å². The van der Waals surface area contributed by atoms with Crippen LogP contribution in [0.15, 0.2) is 30.3 Å². The number of rotatable bonds is 6. The van der Waals surface area contributed by atoms with E-state index in [1.54, 1.807) is 11.8 Å². The molecule has 1 fully saturated rings. The minimum Gasteiger partial charge on any atom is -0.481 e. The molecule has 0 saturated carbocycles. The van der Waals surface area contributed by atoms with Crippen LogP contribution >= 0.6 is 0 Å². The fourth-order valence-electron chi connectivity index (χ4n) is 3.36. The van der Waals surface area contributed by atoms with Crippen LogP contribution in [0.5, 0.6) is 0 Å². The smallest absolute Gasteiger partial charge is 0.304 e. The minimum absolute atomic E-state index is 0.0227. The molecule has 1 aromatic carbocycles. The standard InChI is InChI=1S/C18H26N2O4/c1-3-16(21)20(14-7-5-4-6-8-14)15-9-11-19(12-10-17(22)23)13-18(15,2)24/h4-8,15,24H,3,9-13H2,1-2H3,(H,22,23). The van der Waals surface area contributed by atoms with Crippen molar-refractivity contribution in [2.75, 3.05) is 24.5 Å². The molecule has 132 valence electrons. The van der Waals surface area contributed by atoms with Gasteiger partial charge in [-0.3, -0.25) is 14.5 Å². The molecular weight excluding hydrogens is 308 g/mol. The van der Waals surface area contributed by atoms with Crippen molar-refractivity contribution in [2.24, 2.45) is 0 Å². The van der Waals surface area contributed by atoms with Crippen molar-refractivity contribution in [3.05, 3.63) is 30.3 Å². The Labute approximate surface area is 142 Å². The van der Waals surface area contributed by atoms with Gasteiger partial charge >= 0.3 is 5.97 Å². The monoisotopic (exact) mass is 334 g/mol. The number of carboxylic acid groups (broad SMARTS) is 1. The first-order valence-corrected chi connectivity index (χ1v) is 8.38. The second kappa shape index (κ2) is 7.77. The molecule has 1 aliphatic heterocycles. The fourth-order valence-corrected chi connectivity index (χ4v) is 3.36. The van der Waals surface area contributed by atoms with E-state index in [0.717, 1.165) is 5.69 Å². The number of para-hydroxylation sites is 1. The molecule has 0 aromatic heterocycles. The summed E-state index contributed by atoms with van der Waals surface area (Å²) in [6.45, 7) is 4.96. The molecule has 0 bridgehead atoms. The molecule has 0 aliphatic carbocycles. The number of hydrogen-bond donors (Lipinski definition) is 2. The van der Waals surface area contributed by atoms with Gasteiger partial charge in [0.25, 0.3) is 0 Å². The summed E-state index contributed by atoms with van der Waals surface area (Å²) in [4.78, 5) is 26.9. The van der Waals surface area contributed by atoms with Gasteiger partial charge in [0.2, 0.25) is 5.91 Å². The highest BCUT2D eigenvalue weighted by Gasteiger charge is 2.43. The van der Waals surface area contributed by atoms with Crippen molar-refractivity contribution in [1.29, 1.82) is 0 Å². The van der Waals surface area contributed by atoms with Crippen LogP contribution in [0.3, 0.4) is 0 Å². The lowest BCUT2D eigenvalue weighted by Gasteiger charge is -2.47. The largest absolute Gasteiger partial charge is 0.481 e. The Morgan fingerprint density at radius 1 is 1.33 bits per heavy atom. The third-order valence-electron chi connectivity index (χ3n) is 4.54. The summed E-state index contributed by atoms with van der Waals surface area (Å²) in [5.74, 6) is -0.866. The van der Waals surface area contributed by atoms with E-state index in [1.807, 2.05) is 42.2 Å². The Bertz CT molecular complexity index is 574. The number of benzene rings is 1. The number of carboxylic acids is 1. The Balaban J connectivity index is 2.19. The first-order valence-electron chi connectivity index (χ1n) is 8.38. The summed E-state index contributed by atoms with van der Waals surface area (Å²) in [6.07, 6.45) is 1.02. The molecular formula is C18H26N2O4. The van der Waals surface area contributed by atoms with E-state index in [9.17, 15) is 14.7 Å². The molecule has 6 heteroatoms. The van der Waals surface area contributed by atoms with Gasteiger partial charge in [0.05, 0.1) is 18.1 Å². The van der Waals surface area contributed by atoms with Crippen LogP contribution in [0.2, 0.25) is 0 Å². The Morgan fingerprint density at radius 2 is 2.00 bits per heavy atom. The molecule has 2 rings (SSSR count). The normalized spacial score (nSPS) is 24.5. The van der Waals surface area contributed by atoms with Gasteiger partial charge < -0.3 is 15.1 Å². The average molecular weight is 334 g/mol. The highest BCUT2D eigenvalue weighted by Crippen LogP contribution is 2.30. The van der Waals surface area contributed by atoms with Crippen LogP contribution in [0.4, 0.5) is 5.69 Å². The van der Waals surface area contributed by atoms with Crippen LogP contribution in [-0.4, -0.2) is 58.3 Å². The van der Waals surface area contributed by atoms with E-state index in [1.165, 1.54) is 0 Å². The van der Waals surface area contributed by atoms with Gasteiger partial charge in [0.1, 0.15) is 0 Å². The molecule has 1 heterocycles. The van der Waals surface area contributed by atoms with E-state index in [-0.39, 0.29) is 18.4 Å². The van der Waals surface area contributed by atoms with Crippen LogP contribution in [0, 0.1) is 0 Å². The van der Waals surface area contributed by atoms with Crippen LogP contribution < -0.4 is 4.90 Å². The van der Waals surface area contributed by atoms with Gasteiger partial charge in [-0.2, -0.15) is 0 Å². The molecule has 1 saturated heterocycles. The summed E-state index contributed by atoms with van der Waals surface area (Å²) in [5.41, 5.74) is -0.314. The lowest BCUT2D eigenvalue weighted by Crippen LogP contribution is -2.62. The highest BCUT2D eigenvalue weighted by molar-refractivity contribution is 5.94. The Morgan fingerprint density at radius 3 is 2.54 bits per heavy atom. The third-order valence-corrected chi connectivity index (χ3v) is 4.54. The maximum absolute atomic E-state index is 12.5. The van der Waals surface area contributed by atoms with Crippen LogP contribution in [-0.2, 0) is 9.59 Å². The zero-order valence-corrected chi connectivity index (χ0v) is 14.3. The maximum atomic E-state index is 12.5. The van der Waals surface area contributed by atoms with E-state index in [0.29, 0.717) is 32.5 Å². The van der Waals surface area contributed by atoms with Crippen molar-refractivity contribution < 1.29 is 19.8 Å². The van der Waals surface area contributed by atoms with Gasteiger partial charge in [-0.05, 0) is 25.5 Å². The molecule has 24 heavy (non-hydrogen) atoms. The summed E-state index contributed by atoms with van der Waals surface area (Å²) in [6, 6.07) is 9.07. The van der Waals surface area contributed by atoms with Crippen molar-refractivity contribution in [1.82, 2.24) is 4.90 Å². The number of carbonyl (C=O) groups is 2. The topological polar surface area (TPSA) is 81.1 Å². The molecule has 0 spiro atoms. The van der Waals surface area contributed by atoms with E-state index in [2.05, 4.69) is 0 Å². The van der Waals surface area contributed by atoms with Crippen molar-refractivity contribution in [3.8, 4) is 0 Å². The van der Waals surface area contributed by atoms with E-state index < -0.39 is 11.6 Å². The van der Waals surface area contributed by atoms with Gasteiger partial charge in [0, 0.05) is 31.7 Å². The quantitative estimate of drug-likeness (QED) is 0.828. The van der Waals surface area contributed by atoms with Gasteiger partial charge in [-0.1, -0.05) is 25.1 Å². The Kier molecular flexibility index (Phi) is 5.96. The van der Waals surface area contributed by atoms with Crippen molar-refractivity contribution in [3.63, 3.8) is 0 Å². The van der Waals surface area contributed by atoms with Crippen LogP contribution in [0.1, 0.15) is 33.1 Å². The average Bonchev–Trinajstić information content (AvgIpc) is 2.55. The number of piperidine rings is 1. The molecule has 1 amide bonds. The number of anilines is 1. The zero-order chi connectivity index (χ0) is 17.7. The number of aliphatic hydroxyl groups is 1. The molecule has 2 N–H and O–H groups in total. The first kappa shape index (κ1) is 18.4. The summed E-state index contributed by atoms with van der Waals surface area (Å²) < 4.78 is 0. The molecule has 1 aliphatic rings. The minimum atomic E-state index is -1.10. The number of amides is 1. The second-order valence-electron chi connectivity index (χ2n) is 6.53. The fraction of sp³-hybridized carbons (Fsp3) is 0.556. The summed E-state index contributed by atoms with van der Waals surface area (Å²) in [5, 5.41) is 19.8. The number of carbonyl (C=O) groups excluding carboxylic acids is 1. The molecule has 6 nitrogen and oxygen atoms in total. The van der Waals surface area contributed by atoms with Crippen molar-refractivity contribution in [2.45, 2.75) is 44.8 Å². The number of β-amino-alcohol motifs (C(OH)–C–C–N with tert-alkyl or cyclic N) is 1. The van der Waals surface area contributed by atoms with Gasteiger partial charge in [0.15, 0.2) is 0 Å². The first-order chi connectivity index (χ1) is 11.3. The van der Waals surface area contributed by atoms with Crippen molar-refractivity contribution >= 4 is 17.6 Å². The molecule has 2 atom stereocenters. The maximum Gasteiger partial charge on any atom is 0.304 e. The molecule has 2 unspecified atom stereocenters. The number of likely N-dealkylation sites (tertiary alicyclic amines) is 1. The predicted molar refractivity (Wildman–Crippen MR) is 91.9 cm³/mol. The number of hydrogen-bond acceptors (Lipinski definition) is 4. The lowest BCUT2D eigenvalue weighted by molar-refractivity contribution is -0.137. The van der Waals surface area contributed by atoms with E-state index >= 15 is 0 Å². The molecule has 1 aromatic rings. The summed E-state index contributed by atoms with van der Waals surface area (Å²) in [7, 11) is 0. The second-order valence-corrected chi connectivity index (χ2v) is 6.53. The molecule has 0 radical (unpaired) electrons. The third kappa shape index (κ3) is 4.33. The van der Waals surface area contributed by atoms with E-state index in [4.69, 9.17) is 5.11 Å². The number of nitrogens with zero attached hydrogens (tertiary/aromatic N) is 2. The Hall–Kier alpha value is -1.92. The van der Waals surface area contributed by atoms with Gasteiger partial charge in [-0.25, -0.2) is 0 Å². The summed E-state index contributed by atoms with van der Waals surface area (Å²) >= 11 is 0. The van der Waals surface area contributed by atoms with Crippen LogP contribution in [0.25, 0.3) is 0 Å².